The van der Waals surface area contributed by atoms with Crippen LogP contribution >= 0.6 is 0 Å². The van der Waals surface area contributed by atoms with E-state index in [0.717, 1.165) is 5.56 Å². The molecule has 2 aromatic carbocycles. The van der Waals surface area contributed by atoms with E-state index in [2.05, 4.69) is 5.32 Å². The maximum atomic E-state index is 13.6. The zero-order valence-electron chi connectivity index (χ0n) is 13.9. The molecule has 3 rings (SSSR count). The Morgan fingerprint density at radius 1 is 1.24 bits per heavy atom. The fourth-order valence-electron chi connectivity index (χ4n) is 3.15. The predicted octanol–water partition coefficient (Wildman–Crippen LogP) is 2.70. The molecule has 2 aromatic rings. The molecule has 1 aliphatic rings. The summed E-state index contributed by atoms with van der Waals surface area (Å²) in [6.45, 7) is -0.713. The van der Waals surface area contributed by atoms with Crippen molar-refractivity contribution in [3.63, 3.8) is 0 Å². The molecule has 130 valence electrons. The van der Waals surface area contributed by atoms with Gasteiger partial charge in [-0.2, -0.15) is 0 Å². The summed E-state index contributed by atoms with van der Waals surface area (Å²) in [4.78, 5) is 24.2. The number of hydrogen-bond acceptors (Lipinski definition) is 4. The quantitative estimate of drug-likeness (QED) is 0.867. The zero-order valence-corrected chi connectivity index (χ0v) is 13.9. The van der Waals surface area contributed by atoms with Crippen molar-refractivity contribution in [1.29, 1.82) is 0 Å². The van der Waals surface area contributed by atoms with E-state index in [1.807, 2.05) is 30.3 Å². The summed E-state index contributed by atoms with van der Waals surface area (Å²) in [5.74, 6) is -1.07. The average molecular weight is 343 g/mol. The topological polar surface area (TPSA) is 64.6 Å². The molecule has 0 spiro atoms. The van der Waals surface area contributed by atoms with E-state index in [9.17, 15) is 14.0 Å². The highest BCUT2D eigenvalue weighted by Crippen LogP contribution is 2.45. The third kappa shape index (κ3) is 2.95. The molecular formula is C19H18FNO4. The highest BCUT2D eigenvalue weighted by molar-refractivity contribution is 6.01. The minimum Gasteiger partial charge on any atom is -0.486 e. The number of methoxy groups -OCH3 is 1. The van der Waals surface area contributed by atoms with Crippen LogP contribution in [0.4, 0.5) is 4.39 Å². The number of rotatable bonds is 4. The number of halogens is 1. The minimum atomic E-state index is -0.756. The van der Waals surface area contributed by atoms with E-state index in [0.29, 0.717) is 11.3 Å². The standard InChI is InChI=1S/C19H18FNO4/c1-21-18(22)14-9-12(19(23)24-2)8-13-16(11-6-4-3-5-7-11)15(10-20)25-17(13)14/h3-9,15-16H,10H2,1-2H3,(H,21,22)/t15-,16+/m0/s1. The maximum absolute atomic E-state index is 13.6. The molecule has 0 radical (unpaired) electrons. The normalized spacial score (nSPS) is 18.2. The number of benzene rings is 2. The van der Waals surface area contributed by atoms with E-state index < -0.39 is 30.6 Å². The SMILES string of the molecule is CNC(=O)c1cc(C(=O)OC)cc2c1O[C@@H](CF)[C@@H]2c1ccccc1. The minimum absolute atomic E-state index is 0.192. The van der Waals surface area contributed by atoms with Gasteiger partial charge in [0.2, 0.25) is 0 Å². The van der Waals surface area contributed by atoms with Gasteiger partial charge in [-0.25, -0.2) is 9.18 Å². The van der Waals surface area contributed by atoms with Gasteiger partial charge in [0.25, 0.3) is 5.91 Å². The largest absolute Gasteiger partial charge is 0.486 e. The molecular weight excluding hydrogens is 325 g/mol. The monoisotopic (exact) mass is 343 g/mol. The zero-order chi connectivity index (χ0) is 18.0. The van der Waals surface area contributed by atoms with Gasteiger partial charge < -0.3 is 14.8 Å². The van der Waals surface area contributed by atoms with E-state index in [1.165, 1.54) is 20.2 Å². The first-order valence-electron chi connectivity index (χ1n) is 7.86. The lowest BCUT2D eigenvalue weighted by Crippen LogP contribution is -2.22. The highest BCUT2D eigenvalue weighted by atomic mass is 19.1. The van der Waals surface area contributed by atoms with Crippen LogP contribution < -0.4 is 10.1 Å². The molecule has 1 amide bonds. The van der Waals surface area contributed by atoms with Crippen LogP contribution in [0, 0.1) is 0 Å². The Morgan fingerprint density at radius 2 is 1.96 bits per heavy atom. The van der Waals surface area contributed by atoms with Gasteiger partial charge in [0.15, 0.2) is 0 Å². The third-order valence-corrected chi connectivity index (χ3v) is 4.30. The van der Waals surface area contributed by atoms with Crippen molar-refractivity contribution >= 4 is 11.9 Å². The van der Waals surface area contributed by atoms with E-state index in [1.54, 1.807) is 6.07 Å². The second kappa shape index (κ2) is 6.93. The summed E-state index contributed by atoms with van der Waals surface area (Å²) in [7, 11) is 2.75. The summed E-state index contributed by atoms with van der Waals surface area (Å²) in [5, 5.41) is 2.52. The van der Waals surface area contributed by atoms with Gasteiger partial charge in [-0.15, -0.1) is 0 Å². The number of hydrogen-bond donors (Lipinski definition) is 1. The van der Waals surface area contributed by atoms with Crippen molar-refractivity contribution in [3.05, 3.63) is 64.7 Å². The summed E-state index contributed by atoms with van der Waals surface area (Å²) < 4.78 is 24.2. The summed E-state index contributed by atoms with van der Waals surface area (Å²) in [6, 6.07) is 12.3. The molecule has 0 saturated carbocycles. The molecule has 1 N–H and O–H groups in total. The van der Waals surface area contributed by atoms with Crippen molar-refractivity contribution in [1.82, 2.24) is 5.32 Å². The highest BCUT2D eigenvalue weighted by Gasteiger charge is 2.39. The fourth-order valence-corrected chi connectivity index (χ4v) is 3.15. The molecule has 0 unspecified atom stereocenters. The van der Waals surface area contributed by atoms with Gasteiger partial charge in [0, 0.05) is 12.6 Å². The van der Waals surface area contributed by atoms with Crippen molar-refractivity contribution in [2.75, 3.05) is 20.8 Å². The Balaban J connectivity index is 2.21. The molecule has 5 nitrogen and oxygen atoms in total. The molecule has 0 aromatic heterocycles. The molecule has 2 atom stereocenters. The van der Waals surface area contributed by atoms with Crippen molar-refractivity contribution in [2.45, 2.75) is 12.0 Å². The Labute approximate surface area is 144 Å². The van der Waals surface area contributed by atoms with Crippen molar-refractivity contribution in [2.24, 2.45) is 0 Å². The van der Waals surface area contributed by atoms with Crippen LogP contribution in [0.15, 0.2) is 42.5 Å². The van der Waals surface area contributed by atoms with Crippen LogP contribution in [-0.4, -0.2) is 38.8 Å². The lowest BCUT2D eigenvalue weighted by molar-refractivity contribution is 0.0600. The molecule has 0 saturated heterocycles. The first-order chi connectivity index (χ1) is 12.1. The Kier molecular flexibility index (Phi) is 4.70. The first-order valence-corrected chi connectivity index (χ1v) is 7.86. The van der Waals surface area contributed by atoms with Crippen molar-refractivity contribution < 1.29 is 23.5 Å². The fraction of sp³-hybridized carbons (Fsp3) is 0.263. The van der Waals surface area contributed by atoms with E-state index >= 15 is 0 Å². The molecule has 1 aliphatic heterocycles. The average Bonchev–Trinajstić information content (AvgIpc) is 3.05. The molecule has 0 bridgehead atoms. The Bertz CT molecular complexity index is 807. The van der Waals surface area contributed by atoms with Gasteiger partial charge in [-0.1, -0.05) is 30.3 Å². The van der Waals surface area contributed by atoms with Gasteiger partial charge in [-0.05, 0) is 17.7 Å². The molecule has 25 heavy (non-hydrogen) atoms. The molecule has 6 heteroatoms. The number of esters is 1. The summed E-state index contributed by atoms with van der Waals surface area (Å²) >= 11 is 0. The first kappa shape index (κ1) is 17.0. The van der Waals surface area contributed by atoms with Gasteiger partial charge >= 0.3 is 5.97 Å². The number of alkyl halides is 1. The summed E-state index contributed by atoms with van der Waals surface area (Å²) in [6.07, 6.45) is -0.756. The Morgan fingerprint density at radius 3 is 2.56 bits per heavy atom. The van der Waals surface area contributed by atoms with Crippen LogP contribution in [0.3, 0.4) is 0 Å². The van der Waals surface area contributed by atoms with E-state index in [4.69, 9.17) is 9.47 Å². The maximum Gasteiger partial charge on any atom is 0.337 e. The second-order valence-electron chi connectivity index (χ2n) is 5.71. The smallest absolute Gasteiger partial charge is 0.337 e. The lowest BCUT2D eigenvalue weighted by Gasteiger charge is -2.16. The number of nitrogens with one attached hydrogen (secondary N) is 1. The summed E-state index contributed by atoms with van der Waals surface area (Å²) in [5.41, 5.74) is 1.88. The number of fused-ring (bicyclic) bond motifs is 1. The second-order valence-corrected chi connectivity index (χ2v) is 5.71. The molecule has 0 fully saturated rings. The van der Waals surface area contributed by atoms with Gasteiger partial charge in [0.05, 0.1) is 24.2 Å². The number of carbonyl (C=O) groups is 2. The molecule has 1 heterocycles. The van der Waals surface area contributed by atoms with Gasteiger partial charge in [0.1, 0.15) is 18.5 Å². The third-order valence-electron chi connectivity index (χ3n) is 4.30. The Hall–Kier alpha value is -2.89. The lowest BCUT2D eigenvalue weighted by atomic mass is 9.87. The van der Waals surface area contributed by atoms with Crippen LogP contribution in [0.1, 0.15) is 37.8 Å². The van der Waals surface area contributed by atoms with Crippen molar-refractivity contribution in [3.8, 4) is 5.75 Å². The van der Waals surface area contributed by atoms with Crippen LogP contribution in [0.5, 0.6) is 5.75 Å². The van der Waals surface area contributed by atoms with E-state index in [-0.39, 0.29) is 11.1 Å². The molecule has 0 aliphatic carbocycles. The number of amides is 1. The van der Waals surface area contributed by atoms with Crippen LogP contribution in [0.2, 0.25) is 0 Å². The number of ether oxygens (including phenoxy) is 2. The predicted molar refractivity (Wildman–Crippen MR) is 89.8 cm³/mol. The van der Waals surface area contributed by atoms with Crippen LogP contribution in [-0.2, 0) is 4.74 Å². The van der Waals surface area contributed by atoms with Crippen LogP contribution in [0.25, 0.3) is 0 Å². The van der Waals surface area contributed by atoms with Gasteiger partial charge in [-0.3, -0.25) is 4.79 Å². The number of carbonyl (C=O) groups excluding carboxylic acids is 2.